The standard InChI is InChI=1S/C33H44N4.CH4.4FH/c1-26-20-28(22-30-10-3-5-12-32(26)30)24-36-18-8-16-34-14-7-15-35-17-9-19-37-25-29-21-27(2)33-13-6-4-11-31(33)23-29;;;;;/h3-6,10-13,20-23,34-37H,7-9,14-19,24-25H2,1-2H3;1H4;4*1H. The quantitative estimate of drug-likeness (QED) is 0.0829. The van der Waals surface area contributed by atoms with Crippen molar-refractivity contribution in [2.45, 2.75) is 53.6 Å². The van der Waals surface area contributed by atoms with E-state index in [0.29, 0.717) is 0 Å². The highest BCUT2D eigenvalue weighted by atomic mass is 19.0. The molecule has 4 N–H and O–H groups in total. The van der Waals surface area contributed by atoms with Gasteiger partial charge in [0.2, 0.25) is 0 Å². The fourth-order valence-corrected chi connectivity index (χ4v) is 5.09. The van der Waals surface area contributed by atoms with E-state index in [0.717, 1.165) is 65.2 Å². The maximum atomic E-state index is 3.59. The third-order valence-corrected chi connectivity index (χ3v) is 7.04. The molecule has 0 amide bonds. The Kier molecular flexibility index (Phi) is 22.1. The van der Waals surface area contributed by atoms with Crippen molar-refractivity contribution in [3.8, 4) is 0 Å². The summed E-state index contributed by atoms with van der Waals surface area (Å²) in [7, 11) is 0. The number of benzene rings is 4. The third-order valence-electron chi connectivity index (χ3n) is 7.04. The van der Waals surface area contributed by atoms with Crippen LogP contribution in [0.3, 0.4) is 0 Å². The van der Waals surface area contributed by atoms with Crippen molar-refractivity contribution in [2.24, 2.45) is 0 Å². The van der Waals surface area contributed by atoms with Crippen molar-refractivity contribution in [2.75, 3.05) is 39.3 Å². The lowest BCUT2D eigenvalue weighted by molar-refractivity contribution is 0.551. The maximum Gasteiger partial charge on any atom is 0.0205 e. The lowest BCUT2D eigenvalue weighted by atomic mass is 10.0. The number of hydrogen-bond acceptors (Lipinski definition) is 4. The number of rotatable bonds is 16. The zero-order valence-electron chi connectivity index (χ0n) is 24.3. The normalized spacial score (nSPS) is 10.1. The van der Waals surface area contributed by atoms with Crippen molar-refractivity contribution < 1.29 is 18.8 Å². The van der Waals surface area contributed by atoms with Gasteiger partial charge in [-0.1, -0.05) is 68.1 Å². The molecular formula is C34H52F4N4. The van der Waals surface area contributed by atoms with Gasteiger partial charge in [0.15, 0.2) is 0 Å². The minimum atomic E-state index is 0. The molecule has 8 heteroatoms. The van der Waals surface area contributed by atoms with Crippen molar-refractivity contribution in [1.82, 2.24) is 21.3 Å². The highest BCUT2D eigenvalue weighted by Crippen LogP contribution is 2.21. The molecule has 236 valence electrons. The van der Waals surface area contributed by atoms with Crippen LogP contribution in [0.1, 0.15) is 48.9 Å². The van der Waals surface area contributed by atoms with Crippen LogP contribution in [-0.2, 0) is 13.1 Å². The van der Waals surface area contributed by atoms with Crippen LogP contribution in [0.4, 0.5) is 18.8 Å². The van der Waals surface area contributed by atoms with E-state index in [-0.39, 0.29) is 26.2 Å². The summed E-state index contributed by atoms with van der Waals surface area (Å²) in [4.78, 5) is 0. The number of fused-ring (bicyclic) bond motifs is 2. The molecule has 0 fully saturated rings. The first-order valence-corrected chi connectivity index (χ1v) is 14.0. The summed E-state index contributed by atoms with van der Waals surface area (Å²) in [5, 5.41) is 19.7. The van der Waals surface area contributed by atoms with Gasteiger partial charge in [-0.2, -0.15) is 0 Å². The molecule has 0 saturated carbocycles. The second-order valence-electron chi connectivity index (χ2n) is 10.2. The monoisotopic (exact) mass is 592 g/mol. The third kappa shape index (κ3) is 12.9. The summed E-state index contributed by atoms with van der Waals surface area (Å²) in [5.74, 6) is 0. The summed E-state index contributed by atoms with van der Waals surface area (Å²) in [6, 6.07) is 26.5. The van der Waals surface area contributed by atoms with Crippen LogP contribution < -0.4 is 21.3 Å². The Balaban J connectivity index is 0. The molecule has 42 heavy (non-hydrogen) atoms. The maximum absolute atomic E-state index is 3.59. The smallest absolute Gasteiger partial charge is 0.0205 e. The number of nitrogens with one attached hydrogen (secondary N) is 4. The zero-order chi connectivity index (χ0) is 25.7. The van der Waals surface area contributed by atoms with E-state index in [2.05, 4.69) is 108 Å². The Labute approximate surface area is 249 Å². The Morgan fingerprint density at radius 1 is 0.452 bits per heavy atom. The number of aryl methyl sites for hydroxylation is 2. The molecule has 4 aromatic rings. The molecule has 0 aromatic heterocycles. The SMILES string of the molecule is C.Cc1cc(CNCCCNCCCNCCCNCc2cc(C)c3ccccc3c2)cc2ccccc12.F.F.F.F. The molecule has 0 bridgehead atoms. The molecular weight excluding hydrogens is 540 g/mol. The van der Waals surface area contributed by atoms with Crippen LogP contribution >= 0.6 is 0 Å². The van der Waals surface area contributed by atoms with E-state index in [4.69, 9.17) is 0 Å². The Morgan fingerprint density at radius 3 is 1.17 bits per heavy atom. The van der Waals surface area contributed by atoms with Gasteiger partial charge in [-0.15, -0.1) is 0 Å². The predicted octanol–water partition coefficient (Wildman–Crippen LogP) is 7.08. The van der Waals surface area contributed by atoms with Gasteiger partial charge in [0, 0.05) is 13.1 Å². The first-order valence-electron chi connectivity index (χ1n) is 14.0. The summed E-state index contributed by atoms with van der Waals surface area (Å²) in [5.41, 5.74) is 5.46. The second-order valence-corrected chi connectivity index (χ2v) is 10.2. The molecule has 0 atom stereocenters. The van der Waals surface area contributed by atoms with E-state index in [1.54, 1.807) is 0 Å². The minimum absolute atomic E-state index is 0. The molecule has 0 spiro atoms. The van der Waals surface area contributed by atoms with Crippen molar-refractivity contribution in [3.05, 3.63) is 95.1 Å². The van der Waals surface area contributed by atoms with Gasteiger partial charge < -0.3 is 21.3 Å². The molecule has 0 aliphatic rings. The van der Waals surface area contributed by atoms with Crippen LogP contribution in [0.5, 0.6) is 0 Å². The van der Waals surface area contributed by atoms with Crippen LogP contribution in [-0.4, -0.2) is 39.3 Å². The molecule has 4 aromatic carbocycles. The van der Waals surface area contributed by atoms with Crippen LogP contribution in [0.25, 0.3) is 21.5 Å². The Hall–Kier alpha value is -3.04. The zero-order valence-corrected chi connectivity index (χ0v) is 24.3. The van der Waals surface area contributed by atoms with E-state index >= 15 is 0 Å². The van der Waals surface area contributed by atoms with E-state index in [9.17, 15) is 0 Å². The summed E-state index contributed by atoms with van der Waals surface area (Å²) in [6.07, 6.45) is 3.48. The van der Waals surface area contributed by atoms with E-state index in [1.807, 2.05) is 0 Å². The first kappa shape index (κ1) is 41.1. The average Bonchev–Trinajstić information content (AvgIpc) is 2.91. The Bertz CT molecular complexity index is 1170. The second kappa shape index (κ2) is 22.5. The summed E-state index contributed by atoms with van der Waals surface area (Å²) in [6.45, 7) is 12.7. The number of halogens is 4. The van der Waals surface area contributed by atoms with Crippen molar-refractivity contribution >= 4 is 21.5 Å². The molecule has 0 aliphatic heterocycles. The molecule has 0 unspecified atom stereocenters. The van der Waals surface area contributed by atoms with E-state index < -0.39 is 0 Å². The van der Waals surface area contributed by atoms with E-state index in [1.165, 1.54) is 50.2 Å². The first-order chi connectivity index (χ1) is 18.2. The lowest BCUT2D eigenvalue weighted by Gasteiger charge is -2.10. The van der Waals surface area contributed by atoms with Gasteiger partial charge in [-0.3, -0.25) is 18.8 Å². The van der Waals surface area contributed by atoms with Gasteiger partial charge in [-0.05, 0) is 128 Å². The lowest BCUT2D eigenvalue weighted by Crippen LogP contribution is -2.26. The molecule has 0 heterocycles. The number of hydrogen-bond donors (Lipinski definition) is 4. The van der Waals surface area contributed by atoms with Crippen LogP contribution in [0.15, 0.2) is 72.8 Å². The Morgan fingerprint density at radius 2 is 0.786 bits per heavy atom. The van der Waals surface area contributed by atoms with Crippen LogP contribution in [0.2, 0.25) is 0 Å². The van der Waals surface area contributed by atoms with Gasteiger partial charge in [0.1, 0.15) is 0 Å². The molecule has 4 nitrogen and oxygen atoms in total. The minimum Gasteiger partial charge on any atom is -0.317 e. The van der Waals surface area contributed by atoms with Gasteiger partial charge in [0.05, 0.1) is 0 Å². The fraction of sp³-hybridized carbons (Fsp3) is 0.412. The van der Waals surface area contributed by atoms with Crippen LogP contribution in [0, 0.1) is 13.8 Å². The van der Waals surface area contributed by atoms with Gasteiger partial charge in [-0.25, -0.2) is 0 Å². The largest absolute Gasteiger partial charge is 0.317 e. The molecule has 0 aliphatic carbocycles. The van der Waals surface area contributed by atoms with Crippen molar-refractivity contribution in [1.29, 1.82) is 0 Å². The predicted molar refractivity (Wildman–Crippen MR) is 177 cm³/mol. The highest BCUT2D eigenvalue weighted by Gasteiger charge is 2.02. The summed E-state index contributed by atoms with van der Waals surface area (Å²) >= 11 is 0. The summed E-state index contributed by atoms with van der Waals surface area (Å²) < 4.78 is 0. The average molecular weight is 593 g/mol. The highest BCUT2D eigenvalue weighted by molar-refractivity contribution is 5.87. The molecule has 4 rings (SSSR count). The van der Waals surface area contributed by atoms with Gasteiger partial charge in [0.25, 0.3) is 0 Å². The molecule has 0 radical (unpaired) electrons. The molecule has 0 saturated heterocycles. The fourth-order valence-electron chi connectivity index (χ4n) is 5.09. The topological polar surface area (TPSA) is 48.1 Å². The van der Waals surface area contributed by atoms with Gasteiger partial charge >= 0.3 is 0 Å². The van der Waals surface area contributed by atoms with Crippen molar-refractivity contribution in [3.63, 3.8) is 0 Å².